The minimum absolute atomic E-state index is 0.0435. The molecule has 0 atom stereocenters. The van der Waals surface area contributed by atoms with Gasteiger partial charge >= 0.3 is 6.16 Å². The summed E-state index contributed by atoms with van der Waals surface area (Å²) in [4.78, 5) is 43.7. The van der Waals surface area contributed by atoms with E-state index < -0.39 is 21.3 Å². The van der Waals surface area contributed by atoms with Gasteiger partial charge in [0.1, 0.15) is 32.1 Å². The van der Waals surface area contributed by atoms with E-state index in [0.29, 0.717) is 11.3 Å². The molecule has 278 valence electrons. The number of aryl methyl sites for hydroxylation is 1. The van der Waals surface area contributed by atoms with Gasteiger partial charge in [-0.1, -0.05) is 18.2 Å². The van der Waals surface area contributed by atoms with E-state index in [1.807, 2.05) is 0 Å². The van der Waals surface area contributed by atoms with Crippen LogP contribution in [0.1, 0.15) is 5.56 Å². The number of hydrogen-bond donors (Lipinski definition) is 2. The molecule has 0 saturated carbocycles. The van der Waals surface area contributed by atoms with Gasteiger partial charge in [0.25, 0.3) is 21.0 Å². The van der Waals surface area contributed by atoms with Crippen molar-refractivity contribution >= 4 is 22.0 Å². The lowest BCUT2D eigenvalue weighted by molar-refractivity contribution is -0.758. The largest absolute Gasteiger partial charge is 0.508 e. The highest BCUT2D eigenvalue weighted by molar-refractivity contribution is 7.92. The second-order valence-corrected chi connectivity index (χ2v) is 11.8. The van der Waals surface area contributed by atoms with Gasteiger partial charge in [0.2, 0.25) is 11.6 Å². The number of carbonyl (C=O) groups excluding carboxylic acids is 1. The van der Waals surface area contributed by atoms with Gasteiger partial charge in [-0.2, -0.15) is 18.6 Å². The molecule has 0 aliphatic heterocycles. The second-order valence-electron chi connectivity index (χ2n) is 10.2. The smallest absolute Gasteiger partial charge is 0.493 e. The van der Waals surface area contributed by atoms with Gasteiger partial charge in [-0.25, -0.2) is 14.8 Å². The molecule has 0 aliphatic carbocycles. The van der Waals surface area contributed by atoms with E-state index in [-0.39, 0.29) is 85.3 Å². The molecule has 0 aliphatic rings. The van der Waals surface area contributed by atoms with Crippen LogP contribution >= 0.6 is 0 Å². The summed E-state index contributed by atoms with van der Waals surface area (Å²) in [7, 11) is -2.95. The van der Waals surface area contributed by atoms with Gasteiger partial charge in [0.05, 0.1) is 20.3 Å². The molecule has 0 amide bonds. The zero-order chi connectivity index (χ0) is 37.6. The Kier molecular flexibility index (Phi) is 12.7. The molecule has 2 N–H and O–H groups in total. The van der Waals surface area contributed by atoms with Crippen molar-refractivity contribution < 1.29 is 51.6 Å². The molecule has 23 heteroatoms. The van der Waals surface area contributed by atoms with Gasteiger partial charge in [0.15, 0.2) is 28.2 Å². The summed E-state index contributed by atoms with van der Waals surface area (Å²) in [6.45, 7) is 0.433. The molecule has 1 aromatic carbocycles. The number of nitrogens with one attached hydrogen (secondary N) is 2. The lowest BCUT2D eigenvalue weighted by Crippen LogP contribution is -2.18. The van der Waals surface area contributed by atoms with Crippen LogP contribution in [0.25, 0.3) is 22.9 Å². The van der Waals surface area contributed by atoms with Crippen molar-refractivity contribution in [3.05, 3.63) is 76.6 Å². The molecule has 0 saturated heterocycles. The number of hydrogen-bond acceptors (Lipinski definition) is 19. The Labute approximate surface area is 299 Å². The van der Waals surface area contributed by atoms with Crippen LogP contribution in [0.2, 0.25) is 0 Å². The van der Waals surface area contributed by atoms with E-state index >= 15 is 0 Å². The highest BCUT2D eigenvalue weighted by atomic mass is 32.2. The number of methoxy groups -OCH3 is 1. The Hall–Kier alpha value is -6.75. The Morgan fingerprint density at radius 2 is 1.72 bits per heavy atom. The molecular weight excluding hydrogens is 724 g/mol. The first-order valence-electron chi connectivity index (χ1n) is 15.3. The van der Waals surface area contributed by atoms with Crippen LogP contribution in [-0.4, -0.2) is 107 Å². The van der Waals surface area contributed by atoms with Crippen LogP contribution in [-0.2, 0) is 29.1 Å². The first-order chi connectivity index (χ1) is 25.6. The molecule has 0 fully saturated rings. The van der Waals surface area contributed by atoms with Crippen molar-refractivity contribution in [1.29, 1.82) is 0 Å². The van der Waals surface area contributed by atoms with E-state index in [9.17, 15) is 23.3 Å². The van der Waals surface area contributed by atoms with Crippen LogP contribution in [0.3, 0.4) is 0 Å². The molecule has 4 heterocycles. The number of carbonyl (C=O) groups is 1. The normalized spacial score (nSPS) is 11.0. The first kappa shape index (κ1) is 37.5. The van der Waals surface area contributed by atoms with E-state index in [4.69, 9.17) is 28.4 Å². The lowest BCUT2D eigenvalue weighted by Gasteiger charge is -2.18. The fourth-order valence-electron chi connectivity index (χ4n) is 4.15. The summed E-state index contributed by atoms with van der Waals surface area (Å²) in [5.41, 5.74) is 1.37. The molecule has 0 bridgehead atoms. The SMILES string of the molecule is COc1ccccc1Oc1c(NS(=O)(=O)c2ccc(C)cn2)nc(-c2ccnc(-c3nn[nH]n3)c2)nc1OCCOC(=O)OCCOCCO[N+](=O)[O-]. The number of pyridine rings is 2. The molecule has 0 spiro atoms. The zero-order valence-corrected chi connectivity index (χ0v) is 28.7. The van der Waals surface area contributed by atoms with Crippen LogP contribution < -0.4 is 18.9 Å². The first-order valence-corrected chi connectivity index (χ1v) is 16.8. The predicted octanol–water partition coefficient (Wildman–Crippen LogP) is 2.78. The Morgan fingerprint density at radius 3 is 2.43 bits per heavy atom. The van der Waals surface area contributed by atoms with Crippen LogP contribution in [0.4, 0.5) is 10.6 Å². The minimum atomic E-state index is -4.37. The molecule has 5 rings (SSSR count). The number of aromatic nitrogens is 8. The fourth-order valence-corrected chi connectivity index (χ4v) is 5.08. The molecule has 53 heavy (non-hydrogen) atoms. The summed E-state index contributed by atoms with van der Waals surface area (Å²) < 4.78 is 62.2. The van der Waals surface area contributed by atoms with Gasteiger partial charge < -0.3 is 33.3 Å². The molecule has 0 radical (unpaired) electrons. The molecule has 22 nitrogen and oxygen atoms in total. The number of sulfonamides is 1. The maximum atomic E-state index is 13.6. The van der Waals surface area contributed by atoms with Gasteiger partial charge in [-0.3, -0.25) is 9.71 Å². The number of tetrazole rings is 1. The third-order valence-corrected chi connectivity index (χ3v) is 7.77. The quantitative estimate of drug-likeness (QED) is 0.0530. The van der Waals surface area contributed by atoms with Gasteiger partial charge in [-0.05, 0) is 48.0 Å². The summed E-state index contributed by atoms with van der Waals surface area (Å²) in [5.74, 6) is -0.322. The van der Waals surface area contributed by atoms with E-state index in [2.05, 4.69) is 50.1 Å². The van der Waals surface area contributed by atoms with Crippen molar-refractivity contribution in [3.8, 4) is 46.0 Å². The molecule has 5 aromatic rings. The topological polar surface area (TPSA) is 277 Å². The van der Waals surface area contributed by atoms with E-state index in [1.54, 1.807) is 49.4 Å². The fraction of sp³-hybridized carbons (Fsp3) is 0.267. The maximum Gasteiger partial charge on any atom is 0.508 e. The minimum Gasteiger partial charge on any atom is -0.493 e. The second kappa shape index (κ2) is 18.0. The Morgan fingerprint density at radius 1 is 0.943 bits per heavy atom. The number of H-pyrrole nitrogens is 1. The highest BCUT2D eigenvalue weighted by Gasteiger charge is 2.26. The molecular formula is C30H30N10O12S. The average molecular weight is 755 g/mol. The number of anilines is 1. The Balaban J connectivity index is 1.44. The molecule has 0 unspecified atom stereocenters. The lowest BCUT2D eigenvalue weighted by atomic mass is 10.2. The van der Waals surface area contributed by atoms with Crippen molar-refractivity contribution in [2.45, 2.75) is 11.9 Å². The monoisotopic (exact) mass is 754 g/mol. The summed E-state index contributed by atoms with van der Waals surface area (Å²) in [5, 5.41) is 22.7. The highest BCUT2D eigenvalue weighted by Crippen LogP contribution is 2.41. The van der Waals surface area contributed by atoms with Crippen molar-refractivity contribution in [2.24, 2.45) is 0 Å². The van der Waals surface area contributed by atoms with Crippen molar-refractivity contribution in [2.75, 3.05) is 51.5 Å². The number of benzene rings is 1. The number of rotatable bonds is 19. The summed E-state index contributed by atoms with van der Waals surface area (Å²) in [6, 6.07) is 12.6. The van der Waals surface area contributed by atoms with Gasteiger partial charge in [0, 0.05) is 18.0 Å². The third-order valence-electron chi connectivity index (χ3n) is 6.51. The van der Waals surface area contributed by atoms with Crippen molar-refractivity contribution in [1.82, 2.24) is 40.6 Å². The standard InChI is InChI=1S/C30H30N10O12S/c1-19-7-8-24(32-18-19)53(44,45)37-28-25(52-23-6-4-3-5-22(23)46-2)29(48-14-15-50-30(41)49-13-11-47-12-16-51-40(42)43)34-26(33-28)20-9-10-31-21(17-20)27-35-38-39-36-27/h3-10,17-18H,11-16H2,1-2H3,(H,33,34,37)(H,35,36,38,39). The zero-order valence-electron chi connectivity index (χ0n) is 27.9. The predicted molar refractivity (Wildman–Crippen MR) is 178 cm³/mol. The maximum absolute atomic E-state index is 13.6. The van der Waals surface area contributed by atoms with Gasteiger partial charge in [-0.15, -0.1) is 20.3 Å². The van der Waals surface area contributed by atoms with E-state index in [0.717, 1.165) is 5.56 Å². The summed E-state index contributed by atoms with van der Waals surface area (Å²) >= 11 is 0. The summed E-state index contributed by atoms with van der Waals surface area (Å²) in [6.07, 6.45) is 1.77. The van der Waals surface area contributed by atoms with Crippen molar-refractivity contribution in [3.63, 3.8) is 0 Å². The number of ether oxygens (including phenoxy) is 6. The number of para-hydroxylation sites is 2. The number of aromatic amines is 1. The van der Waals surface area contributed by atoms with Crippen LogP contribution in [0.5, 0.6) is 23.1 Å². The Bertz CT molecular complexity index is 2110. The third kappa shape index (κ3) is 10.6. The number of nitrogens with zero attached hydrogens (tertiary/aromatic N) is 8. The van der Waals surface area contributed by atoms with Crippen LogP contribution in [0.15, 0.2) is 66.0 Å². The molecule has 4 aromatic heterocycles. The average Bonchev–Trinajstić information content (AvgIpc) is 3.70. The van der Waals surface area contributed by atoms with E-state index in [1.165, 1.54) is 25.6 Å². The van der Waals surface area contributed by atoms with Crippen LogP contribution in [0, 0.1) is 17.0 Å².